The molecule has 2 aromatic carbocycles. The molecule has 0 bridgehead atoms. The lowest BCUT2D eigenvalue weighted by atomic mass is 10.2. The second-order valence-electron chi connectivity index (χ2n) is 4.54. The van der Waals surface area contributed by atoms with E-state index in [0.29, 0.717) is 10.8 Å². The summed E-state index contributed by atoms with van der Waals surface area (Å²) in [6, 6.07) is 12.9. The van der Waals surface area contributed by atoms with Gasteiger partial charge in [0.1, 0.15) is 5.75 Å². The molecule has 110 valence electrons. The second kappa shape index (κ2) is 7.48. The van der Waals surface area contributed by atoms with E-state index in [0.717, 1.165) is 15.7 Å². The lowest BCUT2D eigenvalue weighted by Crippen LogP contribution is -2.15. The smallest absolute Gasteiger partial charge is 0.227 e. The average molecular weight is 369 g/mol. The van der Waals surface area contributed by atoms with E-state index in [1.807, 2.05) is 37.3 Å². The number of amides is 1. The van der Waals surface area contributed by atoms with Crippen molar-refractivity contribution in [1.29, 1.82) is 0 Å². The van der Waals surface area contributed by atoms with Gasteiger partial charge in [0.2, 0.25) is 5.91 Å². The molecule has 0 aliphatic rings. The molecule has 0 fully saturated rings. The van der Waals surface area contributed by atoms with E-state index in [2.05, 4.69) is 21.2 Å². The third kappa shape index (κ3) is 4.76. The van der Waals surface area contributed by atoms with Gasteiger partial charge in [0.15, 0.2) is 0 Å². The van der Waals surface area contributed by atoms with Crippen molar-refractivity contribution in [2.24, 2.45) is 0 Å². The molecule has 3 nitrogen and oxygen atoms in total. The normalized spacial score (nSPS) is 10.2. The highest BCUT2D eigenvalue weighted by Gasteiger charge is 2.06. The average Bonchev–Trinajstić information content (AvgIpc) is 2.44. The SMILES string of the molecule is Cc1cc(Br)ccc1NC(=O)CCOc1ccccc1Cl. The maximum Gasteiger partial charge on any atom is 0.227 e. The zero-order valence-electron chi connectivity index (χ0n) is 11.5. The van der Waals surface area contributed by atoms with Crippen LogP contribution in [0.15, 0.2) is 46.9 Å². The summed E-state index contributed by atoms with van der Waals surface area (Å²) in [6.45, 7) is 2.23. The van der Waals surface area contributed by atoms with Crippen LogP contribution in [-0.4, -0.2) is 12.5 Å². The standard InChI is InChI=1S/C16H15BrClNO2/c1-11-10-12(17)6-7-14(11)19-16(20)8-9-21-15-5-3-2-4-13(15)18/h2-7,10H,8-9H2,1H3,(H,19,20). The van der Waals surface area contributed by atoms with Crippen molar-refractivity contribution in [3.63, 3.8) is 0 Å². The fourth-order valence-electron chi connectivity index (χ4n) is 1.80. The van der Waals surface area contributed by atoms with Crippen LogP contribution in [0.3, 0.4) is 0 Å². The molecule has 5 heteroatoms. The summed E-state index contributed by atoms with van der Waals surface area (Å²) in [5.74, 6) is 0.499. The molecule has 21 heavy (non-hydrogen) atoms. The Morgan fingerprint density at radius 3 is 2.76 bits per heavy atom. The Hall–Kier alpha value is -1.52. The van der Waals surface area contributed by atoms with Gasteiger partial charge in [-0.25, -0.2) is 0 Å². The Kier molecular flexibility index (Phi) is 5.65. The van der Waals surface area contributed by atoms with Gasteiger partial charge in [0, 0.05) is 10.2 Å². The number of hydrogen-bond acceptors (Lipinski definition) is 2. The third-order valence-electron chi connectivity index (χ3n) is 2.89. The van der Waals surface area contributed by atoms with Gasteiger partial charge in [-0.05, 0) is 42.8 Å². The fourth-order valence-corrected chi connectivity index (χ4v) is 2.46. The first kappa shape index (κ1) is 15.9. The highest BCUT2D eigenvalue weighted by Crippen LogP contribution is 2.23. The van der Waals surface area contributed by atoms with Gasteiger partial charge in [0.05, 0.1) is 18.1 Å². The van der Waals surface area contributed by atoms with Crippen molar-refractivity contribution in [2.45, 2.75) is 13.3 Å². The Morgan fingerprint density at radius 1 is 1.29 bits per heavy atom. The van der Waals surface area contributed by atoms with Crippen molar-refractivity contribution in [1.82, 2.24) is 0 Å². The van der Waals surface area contributed by atoms with E-state index in [9.17, 15) is 4.79 Å². The minimum Gasteiger partial charge on any atom is -0.491 e. The third-order valence-corrected chi connectivity index (χ3v) is 3.69. The molecule has 1 N–H and O–H groups in total. The maximum atomic E-state index is 11.9. The highest BCUT2D eigenvalue weighted by molar-refractivity contribution is 9.10. The highest BCUT2D eigenvalue weighted by atomic mass is 79.9. The Labute approximate surface area is 137 Å². The zero-order chi connectivity index (χ0) is 15.2. The minimum absolute atomic E-state index is 0.0903. The minimum atomic E-state index is -0.0903. The summed E-state index contributed by atoms with van der Waals surface area (Å²) in [6.07, 6.45) is 0.265. The molecular weight excluding hydrogens is 354 g/mol. The molecule has 0 unspecified atom stereocenters. The number of carbonyl (C=O) groups excluding carboxylic acids is 1. The summed E-state index contributed by atoms with van der Waals surface area (Å²) in [5.41, 5.74) is 1.81. The van der Waals surface area contributed by atoms with Crippen molar-refractivity contribution < 1.29 is 9.53 Å². The predicted octanol–water partition coefficient (Wildman–Crippen LogP) is 4.82. The van der Waals surface area contributed by atoms with Gasteiger partial charge in [-0.2, -0.15) is 0 Å². The molecular formula is C16H15BrClNO2. The van der Waals surface area contributed by atoms with Crippen LogP contribution in [0.1, 0.15) is 12.0 Å². The molecule has 0 heterocycles. The number of nitrogens with one attached hydrogen (secondary N) is 1. The Bertz CT molecular complexity index is 646. The van der Waals surface area contributed by atoms with Gasteiger partial charge in [-0.1, -0.05) is 39.7 Å². The number of hydrogen-bond donors (Lipinski definition) is 1. The van der Waals surface area contributed by atoms with E-state index in [1.165, 1.54) is 0 Å². The Morgan fingerprint density at radius 2 is 2.05 bits per heavy atom. The van der Waals surface area contributed by atoms with Crippen LogP contribution in [0.25, 0.3) is 0 Å². The molecule has 0 aliphatic carbocycles. The summed E-state index contributed by atoms with van der Waals surface area (Å²) in [5, 5.41) is 3.41. The van der Waals surface area contributed by atoms with E-state index < -0.39 is 0 Å². The van der Waals surface area contributed by atoms with Crippen LogP contribution in [0.2, 0.25) is 5.02 Å². The van der Waals surface area contributed by atoms with Gasteiger partial charge in [-0.15, -0.1) is 0 Å². The van der Waals surface area contributed by atoms with Crippen LogP contribution in [0.4, 0.5) is 5.69 Å². The first-order valence-corrected chi connectivity index (χ1v) is 7.66. The largest absolute Gasteiger partial charge is 0.491 e. The molecule has 0 saturated carbocycles. The molecule has 2 aromatic rings. The monoisotopic (exact) mass is 367 g/mol. The number of benzene rings is 2. The van der Waals surface area contributed by atoms with Crippen LogP contribution in [0.5, 0.6) is 5.75 Å². The quantitative estimate of drug-likeness (QED) is 0.822. The number of aryl methyl sites for hydroxylation is 1. The van der Waals surface area contributed by atoms with Crippen LogP contribution in [-0.2, 0) is 4.79 Å². The number of anilines is 1. The van der Waals surface area contributed by atoms with Crippen molar-refractivity contribution in [3.05, 3.63) is 57.5 Å². The van der Waals surface area contributed by atoms with Crippen LogP contribution >= 0.6 is 27.5 Å². The fraction of sp³-hybridized carbons (Fsp3) is 0.188. The molecule has 0 atom stereocenters. The predicted molar refractivity (Wildman–Crippen MR) is 89.1 cm³/mol. The molecule has 0 aromatic heterocycles. The summed E-state index contributed by atoms with van der Waals surface area (Å²) in [4.78, 5) is 11.9. The lowest BCUT2D eigenvalue weighted by molar-refractivity contribution is -0.116. The van der Waals surface area contributed by atoms with Crippen molar-refractivity contribution >= 4 is 39.1 Å². The lowest BCUT2D eigenvalue weighted by Gasteiger charge is -2.10. The number of carbonyl (C=O) groups is 1. The second-order valence-corrected chi connectivity index (χ2v) is 5.86. The first-order valence-electron chi connectivity index (χ1n) is 6.49. The van der Waals surface area contributed by atoms with Gasteiger partial charge < -0.3 is 10.1 Å². The van der Waals surface area contributed by atoms with Crippen molar-refractivity contribution in [2.75, 3.05) is 11.9 Å². The Balaban J connectivity index is 1.84. The van der Waals surface area contributed by atoms with Crippen LogP contribution in [0, 0.1) is 6.92 Å². The topological polar surface area (TPSA) is 38.3 Å². The molecule has 0 spiro atoms. The first-order chi connectivity index (χ1) is 10.1. The van der Waals surface area contributed by atoms with Gasteiger partial charge in [-0.3, -0.25) is 4.79 Å². The molecule has 2 rings (SSSR count). The van der Waals surface area contributed by atoms with E-state index in [1.54, 1.807) is 12.1 Å². The number of ether oxygens (including phenoxy) is 1. The maximum absolute atomic E-state index is 11.9. The van der Waals surface area contributed by atoms with E-state index >= 15 is 0 Å². The number of para-hydroxylation sites is 1. The molecule has 1 amide bonds. The zero-order valence-corrected chi connectivity index (χ0v) is 13.9. The van der Waals surface area contributed by atoms with Gasteiger partial charge >= 0.3 is 0 Å². The number of halogens is 2. The van der Waals surface area contributed by atoms with Crippen LogP contribution < -0.4 is 10.1 Å². The molecule has 0 aliphatic heterocycles. The summed E-state index contributed by atoms with van der Waals surface area (Å²) < 4.78 is 6.48. The molecule has 0 radical (unpaired) electrons. The van der Waals surface area contributed by atoms with Crippen molar-refractivity contribution in [3.8, 4) is 5.75 Å². The molecule has 0 saturated heterocycles. The van der Waals surface area contributed by atoms with Gasteiger partial charge in [0.25, 0.3) is 0 Å². The van der Waals surface area contributed by atoms with E-state index in [4.69, 9.17) is 16.3 Å². The van der Waals surface area contributed by atoms with E-state index in [-0.39, 0.29) is 18.9 Å². The summed E-state index contributed by atoms with van der Waals surface area (Å²) in [7, 11) is 0. The summed E-state index contributed by atoms with van der Waals surface area (Å²) >= 11 is 9.37. The number of rotatable bonds is 5.